The van der Waals surface area contributed by atoms with E-state index in [9.17, 15) is 4.79 Å². The number of amides is 1. The van der Waals surface area contributed by atoms with Gasteiger partial charge in [-0.2, -0.15) is 0 Å². The summed E-state index contributed by atoms with van der Waals surface area (Å²) in [6, 6.07) is 28.6. The molecule has 4 heteroatoms. The second-order valence-corrected chi connectivity index (χ2v) is 8.22. The summed E-state index contributed by atoms with van der Waals surface area (Å²) in [4.78, 5) is 15.1. The smallest absolute Gasteiger partial charge is 0.255 e. The fraction of sp³-hybridized carbons (Fsp3) is 0.138. The number of hydrogen-bond donors (Lipinski definition) is 2. The molecule has 0 bridgehead atoms. The molecule has 4 nitrogen and oxygen atoms in total. The zero-order chi connectivity index (χ0) is 22.6. The minimum Gasteiger partial charge on any atom is -0.379 e. The van der Waals surface area contributed by atoms with Crippen LogP contribution in [-0.2, 0) is 6.42 Å². The number of anilines is 4. The van der Waals surface area contributed by atoms with E-state index in [-0.39, 0.29) is 5.91 Å². The molecule has 0 spiro atoms. The third-order valence-corrected chi connectivity index (χ3v) is 6.00. The first kappa shape index (κ1) is 20.8. The Morgan fingerprint density at radius 3 is 2.58 bits per heavy atom. The molecule has 164 valence electrons. The number of hydrogen-bond acceptors (Lipinski definition) is 3. The summed E-state index contributed by atoms with van der Waals surface area (Å²) < 4.78 is 0. The molecule has 1 aliphatic heterocycles. The van der Waals surface area contributed by atoms with Gasteiger partial charge in [-0.15, -0.1) is 0 Å². The molecular weight excluding hydrogens is 406 g/mol. The summed E-state index contributed by atoms with van der Waals surface area (Å²) in [6.07, 6.45) is 6.12. The van der Waals surface area contributed by atoms with Crippen LogP contribution in [0.5, 0.6) is 0 Å². The summed E-state index contributed by atoms with van der Waals surface area (Å²) in [5, 5.41) is 9.03. The Kier molecular flexibility index (Phi) is 5.81. The van der Waals surface area contributed by atoms with Crippen molar-refractivity contribution in [2.45, 2.75) is 19.8 Å². The first-order valence-electron chi connectivity index (χ1n) is 11.5. The highest BCUT2D eigenvalue weighted by Crippen LogP contribution is 2.39. The Morgan fingerprint density at radius 2 is 1.73 bits per heavy atom. The van der Waals surface area contributed by atoms with E-state index in [4.69, 9.17) is 0 Å². The van der Waals surface area contributed by atoms with Crippen molar-refractivity contribution < 1.29 is 4.79 Å². The van der Waals surface area contributed by atoms with Crippen molar-refractivity contribution in [2.75, 3.05) is 22.1 Å². The largest absolute Gasteiger partial charge is 0.379 e. The minimum atomic E-state index is -0.0671. The fourth-order valence-electron chi connectivity index (χ4n) is 4.40. The summed E-state index contributed by atoms with van der Waals surface area (Å²) in [5.74, 6) is -0.0671. The van der Waals surface area contributed by atoms with Crippen molar-refractivity contribution in [3.63, 3.8) is 0 Å². The number of nitrogens with zero attached hydrogens (tertiary/aromatic N) is 1. The molecule has 1 aliphatic rings. The lowest BCUT2D eigenvalue weighted by atomic mass is 10.0. The van der Waals surface area contributed by atoms with Crippen LogP contribution < -0.4 is 15.5 Å². The van der Waals surface area contributed by atoms with Gasteiger partial charge in [0.05, 0.1) is 11.4 Å². The number of carbonyl (C=O) groups is 1. The molecule has 33 heavy (non-hydrogen) atoms. The van der Waals surface area contributed by atoms with Crippen LogP contribution in [0.15, 0.2) is 97.2 Å². The Labute approximate surface area is 194 Å². The number of carbonyl (C=O) groups excluding carboxylic acids is 1. The van der Waals surface area contributed by atoms with Crippen molar-refractivity contribution >= 4 is 39.4 Å². The second kappa shape index (κ2) is 9.21. The number of benzene rings is 4. The van der Waals surface area contributed by atoms with Gasteiger partial charge in [-0.3, -0.25) is 4.79 Å². The van der Waals surface area contributed by atoms with Gasteiger partial charge in [0.2, 0.25) is 0 Å². The Balaban J connectivity index is 1.41. The minimum absolute atomic E-state index is 0.0671. The van der Waals surface area contributed by atoms with Crippen LogP contribution in [0.25, 0.3) is 10.8 Å². The molecule has 2 N–H and O–H groups in total. The summed E-state index contributed by atoms with van der Waals surface area (Å²) in [5.41, 5.74) is 5.88. The standard InChI is InChI=1S/C29H27N3O/c1-2-8-21-9-4-6-12-26(21)29(33)31-23-14-16-24(17-15-23)32-20-7-19-30-28-25-11-5-3-10-22(25)13-18-27(28)32/h3-7,9-18,20,30H,2,8,19H2,1H3,(H,31,33). The van der Waals surface area contributed by atoms with Crippen molar-refractivity contribution in [2.24, 2.45) is 0 Å². The number of aryl methyl sites for hydroxylation is 1. The van der Waals surface area contributed by atoms with E-state index in [0.717, 1.165) is 53.3 Å². The average molecular weight is 434 g/mol. The van der Waals surface area contributed by atoms with E-state index in [0.29, 0.717) is 0 Å². The van der Waals surface area contributed by atoms with Gasteiger partial charge in [0, 0.05) is 35.1 Å². The summed E-state index contributed by atoms with van der Waals surface area (Å²) in [6.45, 7) is 2.89. The van der Waals surface area contributed by atoms with Crippen LogP contribution in [0, 0.1) is 0 Å². The van der Waals surface area contributed by atoms with Gasteiger partial charge in [-0.1, -0.05) is 61.9 Å². The quantitative estimate of drug-likeness (QED) is 0.352. The Bertz CT molecular complexity index is 1320. The Hall–Kier alpha value is -4.05. The molecule has 1 heterocycles. The second-order valence-electron chi connectivity index (χ2n) is 8.22. The third kappa shape index (κ3) is 4.20. The van der Waals surface area contributed by atoms with Gasteiger partial charge in [0.1, 0.15) is 0 Å². The molecule has 5 rings (SSSR count). The highest BCUT2D eigenvalue weighted by Gasteiger charge is 2.16. The van der Waals surface area contributed by atoms with Gasteiger partial charge >= 0.3 is 0 Å². The van der Waals surface area contributed by atoms with Crippen LogP contribution in [0.4, 0.5) is 22.7 Å². The first-order valence-corrected chi connectivity index (χ1v) is 11.5. The molecular formula is C29H27N3O. The number of nitrogens with one attached hydrogen (secondary N) is 2. The first-order chi connectivity index (χ1) is 16.2. The van der Waals surface area contributed by atoms with E-state index in [1.165, 1.54) is 10.8 Å². The SMILES string of the molecule is CCCc1ccccc1C(=O)Nc1ccc(N2C=CCNc3c2ccc2ccccc32)cc1. The van der Waals surface area contributed by atoms with Gasteiger partial charge in [0.25, 0.3) is 5.91 Å². The van der Waals surface area contributed by atoms with Gasteiger partial charge < -0.3 is 15.5 Å². The highest BCUT2D eigenvalue weighted by molar-refractivity contribution is 6.05. The maximum absolute atomic E-state index is 12.9. The van der Waals surface area contributed by atoms with Gasteiger partial charge in [-0.05, 0) is 59.8 Å². The molecule has 4 aromatic rings. The monoisotopic (exact) mass is 433 g/mol. The highest BCUT2D eigenvalue weighted by atomic mass is 16.1. The van der Waals surface area contributed by atoms with Crippen LogP contribution in [0.1, 0.15) is 29.3 Å². The molecule has 1 amide bonds. The van der Waals surface area contributed by atoms with Crippen LogP contribution in [0.2, 0.25) is 0 Å². The maximum atomic E-state index is 12.9. The molecule has 0 radical (unpaired) electrons. The molecule has 0 aromatic heterocycles. The van der Waals surface area contributed by atoms with Crippen molar-refractivity contribution in [3.8, 4) is 0 Å². The third-order valence-electron chi connectivity index (χ3n) is 6.00. The van der Waals surface area contributed by atoms with Gasteiger partial charge in [0.15, 0.2) is 0 Å². The molecule has 4 aromatic carbocycles. The molecule has 0 aliphatic carbocycles. The van der Waals surface area contributed by atoms with E-state index < -0.39 is 0 Å². The lowest BCUT2D eigenvalue weighted by Crippen LogP contribution is -2.14. The summed E-state index contributed by atoms with van der Waals surface area (Å²) >= 11 is 0. The van der Waals surface area contributed by atoms with Gasteiger partial charge in [-0.25, -0.2) is 0 Å². The molecule has 0 saturated carbocycles. The van der Waals surface area contributed by atoms with Crippen LogP contribution in [-0.4, -0.2) is 12.5 Å². The van der Waals surface area contributed by atoms with E-state index in [1.54, 1.807) is 0 Å². The molecule has 0 atom stereocenters. The predicted octanol–water partition coefficient (Wildman–Crippen LogP) is 7.12. The number of rotatable bonds is 5. The average Bonchev–Trinajstić information content (AvgIpc) is 3.08. The summed E-state index contributed by atoms with van der Waals surface area (Å²) in [7, 11) is 0. The molecule has 0 unspecified atom stereocenters. The van der Waals surface area contributed by atoms with E-state index >= 15 is 0 Å². The maximum Gasteiger partial charge on any atom is 0.255 e. The van der Waals surface area contributed by atoms with Crippen molar-refractivity contribution in [3.05, 3.63) is 108 Å². The number of fused-ring (bicyclic) bond motifs is 3. The zero-order valence-electron chi connectivity index (χ0n) is 18.7. The van der Waals surface area contributed by atoms with E-state index in [1.807, 2.05) is 48.5 Å². The fourth-order valence-corrected chi connectivity index (χ4v) is 4.40. The lowest BCUT2D eigenvalue weighted by Gasteiger charge is -2.23. The molecule has 0 saturated heterocycles. The predicted molar refractivity (Wildman–Crippen MR) is 139 cm³/mol. The normalized spacial score (nSPS) is 12.7. The van der Waals surface area contributed by atoms with E-state index in [2.05, 4.69) is 71.1 Å². The molecule has 0 fully saturated rings. The lowest BCUT2D eigenvalue weighted by molar-refractivity contribution is 0.102. The van der Waals surface area contributed by atoms with Crippen molar-refractivity contribution in [1.29, 1.82) is 0 Å². The van der Waals surface area contributed by atoms with Crippen LogP contribution in [0.3, 0.4) is 0 Å². The zero-order valence-corrected chi connectivity index (χ0v) is 18.7. The Morgan fingerprint density at radius 1 is 0.939 bits per heavy atom. The van der Waals surface area contributed by atoms with Crippen LogP contribution >= 0.6 is 0 Å². The van der Waals surface area contributed by atoms with Crippen molar-refractivity contribution in [1.82, 2.24) is 0 Å². The topological polar surface area (TPSA) is 44.4 Å².